The van der Waals surface area contributed by atoms with Crippen molar-refractivity contribution in [1.29, 1.82) is 0 Å². The molecule has 66 valence electrons. The first kappa shape index (κ1) is 9.78. The van der Waals surface area contributed by atoms with E-state index in [1.165, 1.54) is 12.1 Å². The molecular formula is C8H8Cl2FN. The second-order valence-electron chi connectivity index (χ2n) is 2.55. The molecule has 0 fully saturated rings. The van der Waals surface area contributed by atoms with Gasteiger partial charge in [-0.25, -0.2) is 4.39 Å². The minimum absolute atomic E-state index is 0.0116. The van der Waals surface area contributed by atoms with Crippen LogP contribution in [0.25, 0.3) is 0 Å². The van der Waals surface area contributed by atoms with E-state index >= 15 is 0 Å². The van der Waals surface area contributed by atoms with Crippen molar-refractivity contribution in [2.75, 3.05) is 0 Å². The van der Waals surface area contributed by atoms with E-state index in [2.05, 4.69) is 0 Å². The van der Waals surface area contributed by atoms with Crippen LogP contribution in [0.5, 0.6) is 0 Å². The van der Waals surface area contributed by atoms with E-state index in [9.17, 15) is 4.39 Å². The van der Waals surface area contributed by atoms with Gasteiger partial charge in [-0.3, -0.25) is 0 Å². The Balaban J connectivity index is 3.33. The fraction of sp³-hybridized carbons (Fsp3) is 0.250. The molecule has 0 unspecified atom stereocenters. The SMILES string of the molecule is C[C@H](N)c1c(Cl)ccc(F)c1Cl. The smallest absolute Gasteiger partial charge is 0.142 e. The van der Waals surface area contributed by atoms with Gasteiger partial charge in [0.05, 0.1) is 5.02 Å². The Hall–Kier alpha value is -0.310. The Bertz CT molecular complexity index is 299. The maximum Gasteiger partial charge on any atom is 0.142 e. The highest BCUT2D eigenvalue weighted by molar-refractivity contribution is 6.36. The molecule has 0 aliphatic rings. The normalized spacial score (nSPS) is 13.1. The van der Waals surface area contributed by atoms with Crippen molar-refractivity contribution in [3.05, 3.63) is 33.6 Å². The summed E-state index contributed by atoms with van der Waals surface area (Å²) in [4.78, 5) is 0. The maximum absolute atomic E-state index is 12.9. The summed E-state index contributed by atoms with van der Waals surface area (Å²) >= 11 is 11.4. The third kappa shape index (κ3) is 1.71. The average Bonchev–Trinajstić information content (AvgIpc) is 1.97. The van der Waals surface area contributed by atoms with Gasteiger partial charge in [-0.15, -0.1) is 0 Å². The highest BCUT2D eigenvalue weighted by Gasteiger charge is 2.13. The van der Waals surface area contributed by atoms with E-state index in [0.717, 1.165) is 0 Å². The van der Waals surface area contributed by atoms with Gasteiger partial charge in [0.1, 0.15) is 5.82 Å². The molecule has 0 bridgehead atoms. The predicted octanol–water partition coefficient (Wildman–Crippen LogP) is 3.15. The van der Waals surface area contributed by atoms with E-state index in [-0.39, 0.29) is 11.1 Å². The van der Waals surface area contributed by atoms with Gasteiger partial charge in [-0.1, -0.05) is 23.2 Å². The lowest BCUT2D eigenvalue weighted by Gasteiger charge is -2.10. The average molecular weight is 208 g/mol. The van der Waals surface area contributed by atoms with Crippen LogP contribution in [0.3, 0.4) is 0 Å². The highest BCUT2D eigenvalue weighted by Crippen LogP contribution is 2.30. The number of hydrogen-bond donors (Lipinski definition) is 1. The summed E-state index contributed by atoms with van der Waals surface area (Å²) in [6.07, 6.45) is 0. The molecule has 12 heavy (non-hydrogen) atoms. The zero-order valence-corrected chi connectivity index (χ0v) is 7.96. The fourth-order valence-electron chi connectivity index (χ4n) is 0.960. The molecular weight excluding hydrogens is 200 g/mol. The van der Waals surface area contributed by atoms with Crippen molar-refractivity contribution in [2.45, 2.75) is 13.0 Å². The van der Waals surface area contributed by atoms with Crippen LogP contribution in [0.4, 0.5) is 4.39 Å². The zero-order chi connectivity index (χ0) is 9.30. The maximum atomic E-state index is 12.9. The van der Waals surface area contributed by atoms with Crippen LogP contribution in [0.2, 0.25) is 10.0 Å². The van der Waals surface area contributed by atoms with E-state index in [4.69, 9.17) is 28.9 Å². The van der Waals surface area contributed by atoms with Crippen LogP contribution >= 0.6 is 23.2 Å². The van der Waals surface area contributed by atoms with Gasteiger partial charge in [-0.05, 0) is 19.1 Å². The van der Waals surface area contributed by atoms with E-state index in [0.29, 0.717) is 10.6 Å². The molecule has 0 aliphatic carbocycles. The summed E-state index contributed by atoms with van der Waals surface area (Å²) in [5.74, 6) is -0.492. The molecule has 1 nitrogen and oxygen atoms in total. The zero-order valence-electron chi connectivity index (χ0n) is 6.44. The Morgan fingerprint density at radius 3 is 2.42 bits per heavy atom. The first-order valence-electron chi connectivity index (χ1n) is 3.43. The summed E-state index contributed by atoms with van der Waals surface area (Å²) in [6, 6.07) is 2.30. The van der Waals surface area contributed by atoms with Crippen LogP contribution in [0.15, 0.2) is 12.1 Å². The number of benzene rings is 1. The lowest BCUT2D eigenvalue weighted by atomic mass is 10.1. The lowest BCUT2D eigenvalue weighted by molar-refractivity contribution is 0.623. The number of hydrogen-bond acceptors (Lipinski definition) is 1. The summed E-state index contributed by atoms with van der Waals surface area (Å²) < 4.78 is 12.9. The third-order valence-electron chi connectivity index (χ3n) is 1.53. The van der Waals surface area contributed by atoms with Crippen LogP contribution in [0, 0.1) is 5.82 Å². The summed E-state index contributed by atoms with van der Waals surface area (Å²) in [5, 5.41) is 0.411. The van der Waals surface area contributed by atoms with E-state index < -0.39 is 5.82 Å². The minimum Gasteiger partial charge on any atom is -0.324 e. The van der Waals surface area contributed by atoms with Crippen LogP contribution in [0.1, 0.15) is 18.5 Å². The van der Waals surface area contributed by atoms with Crippen molar-refractivity contribution < 1.29 is 4.39 Å². The molecule has 0 heterocycles. The molecule has 0 radical (unpaired) electrons. The number of halogens is 3. The first-order valence-corrected chi connectivity index (χ1v) is 4.18. The van der Waals surface area contributed by atoms with Gasteiger partial charge in [0.25, 0.3) is 0 Å². The van der Waals surface area contributed by atoms with Gasteiger partial charge >= 0.3 is 0 Å². The molecule has 0 amide bonds. The monoisotopic (exact) mass is 207 g/mol. The largest absolute Gasteiger partial charge is 0.324 e. The van der Waals surface area contributed by atoms with E-state index in [1.807, 2.05) is 0 Å². The molecule has 0 spiro atoms. The van der Waals surface area contributed by atoms with Crippen molar-refractivity contribution >= 4 is 23.2 Å². The Morgan fingerprint density at radius 2 is 2.00 bits per heavy atom. The molecule has 0 aromatic heterocycles. The third-order valence-corrected chi connectivity index (χ3v) is 2.25. The van der Waals surface area contributed by atoms with Crippen LogP contribution < -0.4 is 5.73 Å². The predicted molar refractivity (Wildman–Crippen MR) is 49.0 cm³/mol. The fourth-order valence-corrected chi connectivity index (χ4v) is 1.67. The second kappa shape index (κ2) is 3.60. The van der Waals surface area contributed by atoms with Gasteiger partial charge in [-0.2, -0.15) is 0 Å². The highest BCUT2D eigenvalue weighted by atomic mass is 35.5. The number of nitrogens with two attached hydrogens (primary N) is 1. The summed E-state index contributed by atoms with van der Waals surface area (Å²) in [7, 11) is 0. The van der Waals surface area contributed by atoms with Crippen molar-refractivity contribution in [3.63, 3.8) is 0 Å². The molecule has 0 saturated carbocycles. The minimum atomic E-state index is -0.492. The lowest BCUT2D eigenvalue weighted by Crippen LogP contribution is -2.07. The second-order valence-corrected chi connectivity index (χ2v) is 3.33. The quantitative estimate of drug-likeness (QED) is 0.704. The summed E-state index contributed by atoms with van der Waals surface area (Å²) in [5.41, 5.74) is 6.01. The molecule has 1 aromatic rings. The Kier molecular flexibility index (Phi) is 2.94. The Morgan fingerprint density at radius 1 is 1.42 bits per heavy atom. The molecule has 0 aliphatic heterocycles. The standard InChI is InChI=1S/C8H8Cl2FN/c1-4(12)7-5(9)2-3-6(11)8(7)10/h2-4H,12H2,1H3/t4-/m0/s1. The molecule has 4 heteroatoms. The van der Waals surface area contributed by atoms with Gasteiger partial charge < -0.3 is 5.73 Å². The molecule has 0 saturated heterocycles. The Labute approximate surface area is 80.3 Å². The van der Waals surface area contributed by atoms with Crippen LogP contribution in [-0.4, -0.2) is 0 Å². The van der Waals surface area contributed by atoms with Gasteiger partial charge in [0, 0.05) is 16.6 Å². The van der Waals surface area contributed by atoms with E-state index in [1.54, 1.807) is 6.92 Å². The molecule has 1 aromatic carbocycles. The van der Waals surface area contributed by atoms with Crippen LogP contribution in [-0.2, 0) is 0 Å². The van der Waals surface area contributed by atoms with Gasteiger partial charge in [0.15, 0.2) is 0 Å². The van der Waals surface area contributed by atoms with Crippen molar-refractivity contribution in [1.82, 2.24) is 0 Å². The first-order chi connectivity index (χ1) is 5.54. The topological polar surface area (TPSA) is 26.0 Å². The van der Waals surface area contributed by atoms with Crippen molar-refractivity contribution in [3.8, 4) is 0 Å². The van der Waals surface area contributed by atoms with Crippen molar-refractivity contribution in [2.24, 2.45) is 5.73 Å². The number of rotatable bonds is 1. The van der Waals surface area contributed by atoms with Gasteiger partial charge in [0.2, 0.25) is 0 Å². The molecule has 1 rings (SSSR count). The summed E-state index contributed by atoms with van der Waals surface area (Å²) in [6.45, 7) is 1.70. The molecule has 2 N–H and O–H groups in total. The molecule has 1 atom stereocenters.